The largest absolute Gasteiger partial charge is 0.489 e. The molecule has 17 heavy (non-hydrogen) atoms. The van der Waals surface area contributed by atoms with Gasteiger partial charge in [-0.2, -0.15) is 0 Å². The predicted octanol–water partition coefficient (Wildman–Crippen LogP) is 4.38. The monoisotopic (exact) mass is 311 g/mol. The number of hydrogen-bond donors (Lipinski definition) is 0. The molecule has 4 heteroatoms. The molecule has 0 fully saturated rings. The van der Waals surface area contributed by atoms with Crippen LogP contribution in [0.3, 0.4) is 0 Å². The van der Waals surface area contributed by atoms with Crippen molar-refractivity contribution in [1.82, 2.24) is 4.98 Å². The average molecular weight is 313 g/mol. The molecule has 1 heterocycles. The molecule has 0 bridgehead atoms. The maximum Gasteiger partial charge on any atom is 0.123 e. The molecule has 0 aliphatic rings. The molecule has 2 aromatic rings. The molecule has 1 aromatic heterocycles. The van der Waals surface area contributed by atoms with Gasteiger partial charge in [0, 0.05) is 22.4 Å². The molecule has 0 aliphatic heterocycles. The van der Waals surface area contributed by atoms with E-state index in [1.165, 1.54) is 0 Å². The second kappa shape index (κ2) is 5.52. The maximum atomic E-state index is 5.99. The Hall–Kier alpha value is -1.06. The minimum atomic E-state index is 0.503. The van der Waals surface area contributed by atoms with Crippen LogP contribution in [0.5, 0.6) is 5.75 Å². The zero-order valence-corrected chi connectivity index (χ0v) is 11.6. The fourth-order valence-electron chi connectivity index (χ4n) is 1.43. The summed E-state index contributed by atoms with van der Waals surface area (Å²) >= 11 is 9.37. The summed E-state index contributed by atoms with van der Waals surface area (Å²) in [6.45, 7) is 2.47. The zero-order chi connectivity index (χ0) is 12.3. The molecule has 0 saturated carbocycles. The van der Waals surface area contributed by atoms with Gasteiger partial charge in [0.1, 0.15) is 12.4 Å². The molecule has 0 saturated heterocycles. The maximum absolute atomic E-state index is 5.99. The highest BCUT2D eigenvalue weighted by Gasteiger charge is 2.05. The quantitative estimate of drug-likeness (QED) is 0.839. The van der Waals surface area contributed by atoms with Gasteiger partial charge in [0.25, 0.3) is 0 Å². The van der Waals surface area contributed by atoms with Crippen molar-refractivity contribution in [2.45, 2.75) is 13.5 Å². The Morgan fingerprint density at radius 1 is 1.41 bits per heavy atom. The van der Waals surface area contributed by atoms with Gasteiger partial charge in [-0.05, 0) is 46.6 Å². The third-order valence-corrected chi connectivity index (χ3v) is 3.53. The first-order valence-electron chi connectivity index (χ1n) is 5.14. The van der Waals surface area contributed by atoms with Crippen molar-refractivity contribution in [3.05, 3.63) is 57.3 Å². The Balaban J connectivity index is 2.12. The van der Waals surface area contributed by atoms with Crippen molar-refractivity contribution in [3.63, 3.8) is 0 Å². The molecule has 88 valence electrons. The van der Waals surface area contributed by atoms with Crippen LogP contribution in [0.4, 0.5) is 0 Å². The number of hydrogen-bond acceptors (Lipinski definition) is 2. The van der Waals surface area contributed by atoms with Gasteiger partial charge in [0.2, 0.25) is 0 Å². The number of nitrogens with zero attached hydrogens (tertiary/aromatic N) is 1. The minimum absolute atomic E-state index is 0.503. The Bertz CT molecular complexity index is 516. The second-order valence-corrected chi connectivity index (χ2v) is 4.94. The van der Waals surface area contributed by atoms with E-state index in [-0.39, 0.29) is 0 Å². The lowest BCUT2D eigenvalue weighted by Gasteiger charge is -2.10. The van der Waals surface area contributed by atoms with Gasteiger partial charge >= 0.3 is 0 Å². The molecule has 0 unspecified atom stereocenters. The van der Waals surface area contributed by atoms with E-state index >= 15 is 0 Å². The van der Waals surface area contributed by atoms with Crippen LogP contribution in [0.1, 0.15) is 11.1 Å². The summed E-state index contributed by atoms with van der Waals surface area (Å²) in [5, 5.41) is 0.691. The highest BCUT2D eigenvalue weighted by Crippen LogP contribution is 2.30. The van der Waals surface area contributed by atoms with Crippen molar-refractivity contribution in [1.29, 1.82) is 0 Å². The van der Waals surface area contributed by atoms with Gasteiger partial charge in [-0.15, -0.1) is 0 Å². The summed E-state index contributed by atoms with van der Waals surface area (Å²) in [7, 11) is 0. The lowest BCUT2D eigenvalue weighted by Crippen LogP contribution is -1.97. The van der Waals surface area contributed by atoms with Gasteiger partial charge in [0.15, 0.2) is 0 Å². The lowest BCUT2D eigenvalue weighted by molar-refractivity contribution is 0.303. The second-order valence-electron chi connectivity index (χ2n) is 3.68. The molecule has 2 rings (SSSR count). The normalized spacial score (nSPS) is 10.3. The summed E-state index contributed by atoms with van der Waals surface area (Å²) in [5.74, 6) is 0.824. The fraction of sp³-hybridized carbons (Fsp3) is 0.154. The smallest absolute Gasteiger partial charge is 0.123 e. The third kappa shape index (κ3) is 3.20. The Morgan fingerprint density at radius 3 is 2.94 bits per heavy atom. The molecule has 1 aromatic carbocycles. The Morgan fingerprint density at radius 2 is 2.24 bits per heavy atom. The number of aromatic nitrogens is 1. The van der Waals surface area contributed by atoms with Crippen molar-refractivity contribution in [2.75, 3.05) is 0 Å². The highest BCUT2D eigenvalue weighted by atomic mass is 79.9. The molecule has 2 nitrogen and oxygen atoms in total. The van der Waals surface area contributed by atoms with Gasteiger partial charge < -0.3 is 4.74 Å². The Kier molecular flexibility index (Phi) is 4.02. The molecular formula is C13H11BrClNO. The topological polar surface area (TPSA) is 22.1 Å². The van der Waals surface area contributed by atoms with Crippen LogP contribution in [0.25, 0.3) is 0 Å². The van der Waals surface area contributed by atoms with Crippen molar-refractivity contribution in [2.24, 2.45) is 0 Å². The van der Waals surface area contributed by atoms with Gasteiger partial charge in [-0.3, -0.25) is 4.98 Å². The van der Waals surface area contributed by atoms with Gasteiger partial charge in [0.05, 0.1) is 5.02 Å². The number of aryl methyl sites for hydroxylation is 1. The highest BCUT2D eigenvalue weighted by molar-refractivity contribution is 9.10. The standard InChI is InChI=1S/C13H11BrClNO/c1-9-5-12(15)11(14)6-13(9)17-8-10-3-2-4-16-7-10/h2-7H,8H2,1H3. The van der Waals surface area contributed by atoms with Crippen LogP contribution in [0, 0.1) is 6.92 Å². The van der Waals surface area contributed by atoms with Gasteiger partial charge in [-0.1, -0.05) is 17.7 Å². The van der Waals surface area contributed by atoms with Crippen LogP contribution >= 0.6 is 27.5 Å². The number of pyridine rings is 1. The molecule has 0 atom stereocenters. The zero-order valence-electron chi connectivity index (χ0n) is 9.28. The third-order valence-electron chi connectivity index (χ3n) is 2.33. The van der Waals surface area contributed by atoms with E-state index in [9.17, 15) is 0 Å². The van der Waals surface area contributed by atoms with Crippen LogP contribution in [0.2, 0.25) is 5.02 Å². The van der Waals surface area contributed by atoms with E-state index in [1.807, 2.05) is 31.2 Å². The van der Waals surface area contributed by atoms with Crippen molar-refractivity contribution >= 4 is 27.5 Å². The summed E-state index contributed by atoms with van der Waals surface area (Å²) in [6.07, 6.45) is 3.54. The summed E-state index contributed by atoms with van der Waals surface area (Å²) in [4.78, 5) is 4.04. The van der Waals surface area contributed by atoms with E-state index in [0.717, 1.165) is 21.3 Å². The molecular weight excluding hydrogens is 302 g/mol. The average Bonchev–Trinajstić information content (AvgIpc) is 2.33. The molecule has 0 radical (unpaired) electrons. The summed E-state index contributed by atoms with van der Waals surface area (Å²) in [5.41, 5.74) is 2.06. The number of ether oxygens (including phenoxy) is 1. The molecule has 0 N–H and O–H groups in total. The van der Waals surface area contributed by atoms with E-state index in [2.05, 4.69) is 20.9 Å². The van der Waals surface area contributed by atoms with Crippen LogP contribution in [0.15, 0.2) is 41.1 Å². The number of benzene rings is 1. The predicted molar refractivity (Wildman–Crippen MR) is 72.5 cm³/mol. The fourth-order valence-corrected chi connectivity index (χ4v) is 1.97. The minimum Gasteiger partial charge on any atom is -0.489 e. The number of rotatable bonds is 3. The van der Waals surface area contributed by atoms with Crippen LogP contribution < -0.4 is 4.74 Å². The summed E-state index contributed by atoms with van der Waals surface area (Å²) < 4.78 is 6.57. The van der Waals surface area contributed by atoms with Crippen molar-refractivity contribution in [3.8, 4) is 5.75 Å². The van der Waals surface area contributed by atoms with Crippen LogP contribution in [-0.2, 0) is 6.61 Å². The first-order valence-corrected chi connectivity index (χ1v) is 6.31. The molecule has 0 spiro atoms. The SMILES string of the molecule is Cc1cc(Cl)c(Br)cc1OCc1cccnc1. The molecule has 0 aliphatic carbocycles. The summed E-state index contributed by atoms with van der Waals surface area (Å²) in [6, 6.07) is 7.63. The first kappa shape index (κ1) is 12.4. The van der Waals surface area contributed by atoms with E-state index in [0.29, 0.717) is 11.6 Å². The lowest BCUT2D eigenvalue weighted by atomic mass is 10.2. The van der Waals surface area contributed by atoms with Crippen LogP contribution in [-0.4, -0.2) is 4.98 Å². The number of halogens is 2. The first-order chi connectivity index (χ1) is 8.16. The Labute approximate surface area is 114 Å². The molecule has 0 amide bonds. The van der Waals surface area contributed by atoms with Crippen molar-refractivity contribution < 1.29 is 4.74 Å². The van der Waals surface area contributed by atoms with Gasteiger partial charge in [-0.25, -0.2) is 0 Å². The van der Waals surface area contributed by atoms with E-state index in [1.54, 1.807) is 12.4 Å². The van der Waals surface area contributed by atoms with E-state index in [4.69, 9.17) is 16.3 Å². The van der Waals surface area contributed by atoms with E-state index < -0.39 is 0 Å².